The van der Waals surface area contributed by atoms with Gasteiger partial charge in [-0.1, -0.05) is 24.3 Å². The van der Waals surface area contributed by atoms with Crippen LogP contribution in [0.15, 0.2) is 41.0 Å². The van der Waals surface area contributed by atoms with Gasteiger partial charge in [-0.2, -0.15) is 0 Å². The summed E-state index contributed by atoms with van der Waals surface area (Å²) in [6, 6.07) is 10.2. The molecule has 0 fully saturated rings. The van der Waals surface area contributed by atoms with Gasteiger partial charge in [0, 0.05) is 23.3 Å². The van der Waals surface area contributed by atoms with Gasteiger partial charge in [-0.05, 0) is 60.3 Å². The molecule has 0 saturated heterocycles. The second-order valence-corrected chi connectivity index (χ2v) is 6.25. The topological polar surface area (TPSA) is 34.0 Å². The van der Waals surface area contributed by atoms with Gasteiger partial charge < -0.3 is 9.88 Å². The van der Waals surface area contributed by atoms with Gasteiger partial charge in [-0.15, -0.1) is 0 Å². The van der Waals surface area contributed by atoms with Crippen molar-refractivity contribution in [1.29, 1.82) is 0 Å². The number of aromatic nitrogens is 1. The SMILES string of the molecule is CCn1cc(Br)cc1C(=O)NC(C)Cc1ccccc1C. The highest BCUT2D eigenvalue weighted by atomic mass is 79.9. The van der Waals surface area contributed by atoms with Crippen molar-refractivity contribution in [3.8, 4) is 0 Å². The molecular formula is C17H21BrN2O. The molecule has 0 aliphatic rings. The van der Waals surface area contributed by atoms with Gasteiger partial charge in [-0.25, -0.2) is 0 Å². The van der Waals surface area contributed by atoms with Crippen LogP contribution in [-0.4, -0.2) is 16.5 Å². The van der Waals surface area contributed by atoms with Crippen LogP contribution in [0.4, 0.5) is 0 Å². The van der Waals surface area contributed by atoms with E-state index in [9.17, 15) is 4.79 Å². The quantitative estimate of drug-likeness (QED) is 0.872. The minimum Gasteiger partial charge on any atom is -0.348 e. The van der Waals surface area contributed by atoms with Gasteiger partial charge >= 0.3 is 0 Å². The van der Waals surface area contributed by atoms with Crippen molar-refractivity contribution in [2.75, 3.05) is 0 Å². The molecule has 3 nitrogen and oxygen atoms in total. The molecule has 2 aromatic rings. The van der Waals surface area contributed by atoms with Crippen molar-refractivity contribution >= 4 is 21.8 Å². The third-order valence-corrected chi connectivity index (χ3v) is 4.04. The summed E-state index contributed by atoms with van der Waals surface area (Å²) in [6.07, 6.45) is 2.77. The molecular weight excluding hydrogens is 328 g/mol. The molecule has 0 aliphatic heterocycles. The molecule has 1 unspecified atom stereocenters. The number of amides is 1. The molecule has 4 heteroatoms. The van der Waals surface area contributed by atoms with E-state index in [0.29, 0.717) is 5.69 Å². The monoisotopic (exact) mass is 348 g/mol. The number of carbonyl (C=O) groups excluding carboxylic acids is 1. The van der Waals surface area contributed by atoms with E-state index in [1.54, 1.807) is 0 Å². The number of benzene rings is 1. The van der Waals surface area contributed by atoms with Crippen molar-refractivity contribution in [2.24, 2.45) is 0 Å². The summed E-state index contributed by atoms with van der Waals surface area (Å²) in [7, 11) is 0. The van der Waals surface area contributed by atoms with Gasteiger partial charge in [-0.3, -0.25) is 4.79 Å². The lowest BCUT2D eigenvalue weighted by Crippen LogP contribution is -2.35. The predicted molar refractivity (Wildman–Crippen MR) is 89.6 cm³/mol. The number of halogens is 1. The van der Waals surface area contributed by atoms with Crippen LogP contribution in [-0.2, 0) is 13.0 Å². The van der Waals surface area contributed by atoms with Crippen LogP contribution in [0, 0.1) is 6.92 Å². The molecule has 0 spiro atoms. The maximum Gasteiger partial charge on any atom is 0.268 e. The summed E-state index contributed by atoms with van der Waals surface area (Å²) < 4.78 is 2.88. The highest BCUT2D eigenvalue weighted by molar-refractivity contribution is 9.10. The summed E-state index contributed by atoms with van der Waals surface area (Å²) in [5.41, 5.74) is 3.23. The molecule has 2 rings (SSSR count). The predicted octanol–water partition coefficient (Wildman–Crippen LogP) is 3.94. The molecule has 1 N–H and O–H groups in total. The van der Waals surface area contributed by atoms with Gasteiger partial charge in [0.2, 0.25) is 0 Å². The Hall–Kier alpha value is -1.55. The molecule has 1 amide bonds. The van der Waals surface area contributed by atoms with Gasteiger partial charge in [0.25, 0.3) is 5.91 Å². The standard InChI is InChI=1S/C17H21BrN2O/c1-4-20-11-15(18)10-16(20)17(21)19-13(3)9-14-8-6-5-7-12(14)2/h5-8,10-11,13H,4,9H2,1-3H3,(H,19,21). The molecule has 1 aromatic carbocycles. The fraction of sp³-hybridized carbons (Fsp3) is 0.353. The third kappa shape index (κ3) is 3.97. The van der Waals surface area contributed by atoms with Crippen molar-refractivity contribution in [1.82, 2.24) is 9.88 Å². The van der Waals surface area contributed by atoms with E-state index < -0.39 is 0 Å². The minimum atomic E-state index is -0.0244. The van der Waals surface area contributed by atoms with Crippen molar-refractivity contribution in [3.05, 3.63) is 57.8 Å². The van der Waals surface area contributed by atoms with Crippen LogP contribution in [0.1, 0.15) is 35.5 Å². The molecule has 1 heterocycles. The van der Waals surface area contributed by atoms with Crippen molar-refractivity contribution in [2.45, 2.75) is 39.8 Å². The molecule has 21 heavy (non-hydrogen) atoms. The van der Waals surface area contributed by atoms with Crippen LogP contribution in [0.5, 0.6) is 0 Å². The van der Waals surface area contributed by atoms with Crippen LogP contribution in [0.3, 0.4) is 0 Å². The Morgan fingerprint density at radius 3 is 2.76 bits per heavy atom. The summed E-state index contributed by atoms with van der Waals surface area (Å²) in [6.45, 7) is 6.95. The lowest BCUT2D eigenvalue weighted by atomic mass is 10.0. The summed E-state index contributed by atoms with van der Waals surface area (Å²) >= 11 is 3.42. The van der Waals surface area contributed by atoms with Gasteiger partial charge in [0.1, 0.15) is 5.69 Å². The minimum absolute atomic E-state index is 0.0244. The molecule has 0 bridgehead atoms. The van der Waals surface area contributed by atoms with E-state index >= 15 is 0 Å². The van der Waals surface area contributed by atoms with E-state index in [0.717, 1.165) is 17.4 Å². The van der Waals surface area contributed by atoms with Gasteiger partial charge in [0.15, 0.2) is 0 Å². The summed E-state index contributed by atoms with van der Waals surface area (Å²) in [5.74, 6) is -0.0244. The number of nitrogens with zero attached hydrogens (tertiary/aromatic N) is 1. The first-order valence-electron chi connectivity index (χ1n) is 7.22. The Morgan fingerprint density at radius 1 is 1.38 bits per heavy atom. The highest BCUT2D eigenvalue weighted by Gasteiger charge is 2.15. The van der Waals surface area contributed by atoms with E-state index in [2.05, 4.69) is 40.3 Å². The molecule has 0 radical (unpaired) electrons. The number of carbonyl (C=O) groups is 1. The number of hydrogen-bond donors (Lipinski definition) is 1. The zero-order chi connectivity index (χ0) is 15.4. The fourth-order valence-corrected chi connectivity index (χ4v) is 2.91. The molecule has 1 atom stereocenters. The van der Waals surface area contributed by atoms with Crippen LogP contribution < -0.4 is 5.32 Å². The molecule has 0 aliphatic carbocycles. The van der Waals surface area contributed by atoms with Crippen LogP contribution in [0.2, 0.25) is 0 Å². The Labute approximate surface area is 134 Å². The zero-order valence-corrected chi connectivity index (χ0v) is 14.3. The van der Waals surface area contributed by atoms with E-state index in [4.69, 9.17) is 0 Å². The second kappa shape index (κ2) is 6.94. The zero-order valence-electron chi connectivity index (χ0n) is 12.7. The largest absolute Gasteiger partial charge is 0.348 e. The molecule has 112 valence electrons. The fourth-order valence-electron chi connectivity index (χ4n) is 2.44. The van der Waals surface area contributed by atoms with E-state index in [1.807, 2.05) is 42.8 Å². The number of hydrogen-bond acceptors (Lipinski definition) is 1. The Morgan fingerprint density at radius 2 is 2.10 bits per heavy atom. The van der Waals surface area contributed by atoms with E-state index in [1.165, 1.54) is 11.1 Å². The number of aryl methyl sites for hydroxylation is 2. The first-order chi connectivity index (χ1) is 10.0. The first-order valence-corrected chi connectivity index (χ1v) is 8.01. The average Bonchev–Trinajstić information content (AvgIpc) is 2.82. The Kier molecular flexibility index (Phi) is 5.23. The van der Waals surface area contributed by atoms with Gasteiger partial charge in [0.05, 0.1) is 0 Å². The summed E-state index contributed by atoms with van der Waals surface area (Å²) in [4.78, 5) is 12.4. The summed E-state index contributed by atoms with van der Waals surface area (Å²) in [5, 5.41) is 3.08. The molecule has 0 saturated carbocycles. The molecule has 1 aromatic heterocycles. The lowest BCUT2D eigenvalue weighted by molar-refractivity contribution is 0.0931. The van der Waals surface area contributed by atoms with Crippen LogP contribution in [0.25, 0.3) is 0 Å². The smallest absolute Gasteiger partial charge is 0.268 e. The highest BCUT2D eigenvalue weighted by Crippen LogP contribution is 2.15. The van der Waals surface area contributed by atoms with Crippen molar-refractivity contribution < 1.29 is 4.79 Å². The third-order valence-electron chi connectivity index (χ3n) is 3.60. The Bertz CT molecular complexity index is 633. The number of rotatable bonds is 5. The lowest BCUT2D eigenvalue weighted by Gasteiger charge is -2.16. The first kappa shape index (κ1) is 15.8. The average molecular weight is 349 g/mol. The number of nitrogens with one attached hydrogen (secondary N) is 1. The maximum absolute atomic E-state index is 12.4. The normalized spacial score (nSPS) is 12.2. The Balaban J connectivity index is 2.04. The second-order valence-electron chi connectivity index (χ2n) is 5.33. The van der Waals surface area contributed by atoms with E-state index in [-0.39, 0.29) is 11.9 Å². The maximum atomic E-state index is 12.4. The van der Waals surface area contributed by atoms with Crippen molar-refractivity contribution in [3.63, 3.8) is 0 Å². The van der Waals surface area contributed by atoms with Crippen LogP contribution >= 0.6 is 15.9 Å².